The molecule has 110 valence electrons. The number of hydrogen-bond acceptors (Lipinski definition) is 3. The van der Waals surface area contributed by atoms with Gasteiger partial charge in [0, 0.05) is 23.7 Å². The van der Waals surface area contributed by atoms with Gasteiger partial charge in [-0.2, -0.15) is 12.7 Å². The van der Waals surface area contributed by atoms with Gasteiger partial charge in [0.1, 0.15) is 0 Å². The molecule has 1 saturated heterocycles. The normalized spacial score (nSPS) is 16.0. The summed E-state index contributed by atoms with van der Waals surface area (Å²) in [5.41, 5.74) is 1.16. The van der Waals surface area contributed by atoms with Crippen molar-refractivity contribution >= 4 is 27.7 Å². The summed E-state index contributed by atoms with van der Waals surface area (Å²) in [4.78, 5) is 12.0. The van der Waals surface area contributed by atoms with Crippen molar-refractivity contribution in [3.8, 4) is 0 Å². The maximum Gasteiger partial charge on any atom is 0.304 e. The van der Waals surface area contributed by atoms with Crippen molar-refractivity contribution in [3.05, 3.63) is 34.3 Å². The molecule has 1 heterocycles. The molecule has 0 atom stereocenters. The third-order valence-electron chi connectivity index (χ3n) is 3.26. The highest BCUT2D eigenvalue weighted by atomic mass is 35.5. The third-order valence-corrected chi connectivity index (χ3v) is 5.08. The number of nitrogens with zero attached hydrogens (tertiary/aromatic N) is 1. The number of carbonyl (C=O) groups is 1. The Hall–Kier alpha value is -1.11. The van der Waals surface area contributed by atoms with Crippen LogP contribution in [0, 0.1) is 0 Å². The largest absolute Gasteiger partial charge is 0.304 e. The van der Waals surface area contributed by atoms with Gasteiger partial charge in [0.15, 0.2) is 0 Å². The van der Waals surface area contributed by atoms with Crippen LogP contribution >= 0.6 is 11.6 Å². The molecule has 20 heavy (non-hydrogen) atoms. The van der Waals surface area contributed by atoms with E-state index in [0.29, 0.717) is 18.1 Å². The van der Waals surface area contributed by atoms with Crippen LogP contribution in [0.2, 0.25) is 5.02 Å². The molecule has 1 N–H and O–H groups in total. The average molecular weight is 317 g/mol. The lowest BCUT2D eigenvalue weighted by atomic mass is 10.0. The Morgan fingerprint density at radius 2 is 2.00 bits per heavy atom. The van der Waals surface area contributed by atoms with Gasteiger partial charge in [0.25, 0.3) is 5.91 Å². The van der Waals surface area contributed by atoms with Crippen molar-refractivity contribution in [3.63, 3.8) is 0 Å². The lowest BCUT2D eigenvalue weighted by Crippen LogP contribution is -2.49. The highest BCUT2D eigenvalue weighted by Gasteiger charge is 2.29. The predicted octanol–water partition coefficient (Wildman–Crippen LogP) is 2.14. The molecule has 1 fully saturated rings. The maximum atomic E-state index is 12.0. The SMILES string of the molecule is CC(C)c1ccc(C(=O)NS(=O)(=O)N2CCC2)cc1Cl. The molecule has 0 bridgehead atoms. The van der Waals surface area contributed by atoms with E-state index in [4.69, 9.17) is 11.6 Å². The number of amides is 1. The van der Waals surface area contributed by atoms with Crippen LogP contribution in [0.3, 0.4) is 0 Å². The lowest BCUT2D eigenvalue weighted by Gasteiger charge is -2.29. The Morgan fingerprint density at radius 1 is 1.35 bits per heavy atom. The van der Waals surface area contributed by atoms with Crippen LogP contribution in [-0.2, 0) is 10.2 Å². The standard InChI is InChI=1S/C13H17ClN2O3S/c1-9(2)11-5-4-10(8-12(11)14)13(17)15-20(18,19)16-6-3-7-16/h4-5,8-9H,3,6-7H2,1-2H3,(H,15,17). The van der Waals surface area contributed by atoms with Gasteiger partial charge in [-0.25, -0.2) is 4.72 Å². The predicted molar refractivity (Wildman–Crippen MR) is 78.1 cm³/mol. The van der Waals surface area contributed by atoms with Crippen LogP contribution in [0.15, 0.2) is 18.2 Å². The number of nitrogens with one attached hydrogen (secondary N) is 1. The second kappa shape index (κ2) is 5.71. The summed E-state index contributed by atoms with van der Waals surface area (Å²) >= 11 is 6.10. The zero-order chi connectivity index (χ0) is 14.9. The molecule has 0 unspecified atom stereocenters. The van der Waals surface area contributed by atoms with Crippen molar-refractivity contribution in [1.82, 2.24) is 9.03 Å². The van der Waals surface area contributed by atoms with E-state index in [1.165, 1.54) is 10.4 Å². The summed E-state index contributed by atoms with van der Waals surface area (Å²) in [7, 11) is -3.72. The second-order valence-electron chi connectivity index (χ2n) is 5.08. The van der Waals surface area contributed by atoms with E-state index in [1.807, 2.05) is 13.8 Å². The molecule has 5 nitrogen and oxygen atoms in total. The first-order chi connectivity index (χ1) is 9.31. The summed E-state index contributed by atoms with van der Waals surface area (Å²) < 4.78 is 26.9. The first-order valence-corrected chi connectivity index (χ1v) is 8.25. The van der Waals surface area contributed by atoms with Crippen LogP contribution in [0.5, 0.6) is 0 Å². The lowest BCUT2D eigenvalue weighted by molar-refractivity contribution is 0.0977. The third kappa shape index (κ3) is 3.13. The quantitative estimate of drug-likeness (QED) is 0.925. The highest BCUT2D eigenvalue weighted by Crippen LogP contribution is 2.25. The topological polar surface area (TPSA) is 66.5 Å². The second-order valence-corrected chi connectivity index (χ2v) is 7.16. The summed E-state index contributed by atoms with van der Waals surface area (Å²) in [6.45, 7) is 4.90. The molecule has 2 rings (SSSR count). The summed E-state index contributed by atoms with van der Waals surface area (Å²) in [5, 5.41) is 0.467. The fourth-order valence-corrected chi connectivity index (χ4v) is 3.52. The minimum Gasteiger partial charge on any atom is -0.268 e. The van der Waals surface area contributed by atoms with E-state index >= 15 is 0 Å². The first-order valence-electron chi connectivity index (χ1n) is 6.43. The minimum atomic E-state index is -3.72. The maximum absolute atomic E-state index is 12.0. The van der Waals surface area contributed by atoms with Crippen molar-refractivity contribution in [1.29, 1.82) is 0 Å². The molecule has 1 amide bonds. The molecule has 0 aliphatic carbocycles. The monoisotopic (exact) mass is 316 g/mol. The molecule has 0 spiro atoms. The first kappa shape index (κ1) is 15.3. The van der Waals surface area contributed by atoms with E-state index in [0.717, 1.165) is 12.0 Å². The molecule has 1 aromatic carbocycles. The van der Waals surface area contributed by atoms with Crippen LogP contribution in [0.1, 0.15) is 42.1 Å². The number of carbonyl (C=O) groups excluding carboxylic acids is 1. The van der Waals surface area contributed by atoms with Gasteiger partial charge >= 0.3 is 10.2 Å². The van der Waals surface area contributed by atoms with Crippen LogP contribution in [0.25, 0.3) is 0 Å². The zero-order valence-electron chi connectivity index (χ0n) is 11.4. The fraction of sp³-hybridized carbons (Fsp3) is 0.462. The van der Waals surface area contributed by atoms with E-state index in [-0.39, 0.29) is 11.5 Å². The smallest absolute Gasteiger partial charge is 0.268 e. The van der Waals surface area contributed by atoms with Gasteiger partial charge in [0.05, 0.1) is 0 Å². The summed E-state index contributed by atoms with van der Waals surface area (Å²) in [6.07, 6.45) is 0.823. The van der Waals surface area contributed by atoms with Gasteiger partial charge < -0.3 is 0 Å². The molecule has 1 aliphatic rings. The molecule has 7 heteroatoms. The van der Waals surface area contributed by atoms with E-state index in [1.54, 1.807) is 12.1 Å². The fourth-order valence-electron chi connectivity index (χ4n) is 1.90. The molecular weight excluding hydrogens is 300 g/mol. The van der Waals surface area contributed by atoms with Crippen molar-refractivity contribution < 1.29 is 13.2 Å². The molecule has 0 aromatic heterocycles. The molecule has 1 aliphatic heterocycles. The molecule has 1 aromatic rings. The van der Waals surface area contributed by atoms with Crippen LogP contribution < -0.4 is 4.72 Å². The number of hydrogen-bond donors (Lipinski definition) is 1. The van der Waals surface area contributed by atoms with Crippen molar-refractivity contribution in [2.75, 3.05) is 13.1 Å². The van der Waals surface area contributed by atoms with Gasteiger partial charge in [0.2, 0.25) is 0 Å². The summed E-state index contributed by atoms with van der Waals surface area (Å²) in [6, 6.07) is 4.83. The zero-order valence-corrected chi connectivity index (χ0v) is 13.0. The van der Waals surface area contributed by atoms with E-state index in [9.17, 15) is 13.2 Å². The molecule has 0 radical (unpaired) electrons. The Bertz CT molecular complexity index is 625. The van der Waals surface area contributed by atoms with Gasteiger partial charge in [-0.1, -0.05) is 31.5 Å². The Morgan fingerprint density at radius 3 is 2.45 bits per heavy atom. The van der Waals surface area contributed by atoms with Crippen LogP contribution in [0.4, 0.5) is 0 Å². The van der Waals surface area contributed by atoms with E-state index in [2.05, 4.69) is 4.72 Å². The van der Waals surface area contributed by atoms with Gasteiger partial charge in [-0.3, -0.25) is 4.79 Å². The number of benzene rings is 1. The summed E-state index contributed by atoms with van der Waals surface area (Å²) in [5.74, 6) is -0.418. The number of halogens is 1. The minimum absolute atomic E-state index is 0.239. The van der Waals surface area contributed by atoms with E-state index < -0.39 is 16.1 Å². The van der Waals surface area contributed by atoms with Crippen molar-refractivity contribution in [2.45, 2.75) is 26.2 Å². The molecule has 0 saturated carbocycles. The van der Waals surface area contributed by atoms with Crippen LogP contribution in [-0.4, -0.2) is 31.7 Å². The van der Waals surface area contributed by atoms with Crippen molar-refractivity contribution in [2.24, 2.45) is 0 Å². The highest BCUT2D eigenvalue weighted by molar-refractivity contribution is 7.87. The van der Waals surface area contributed by atoms with Gasteiger partial charge in [-0.15, -0.1) is 0 Å². The molecular formula is C13H17ClN2O3S. The van der Waals surface area contributed by atoms with Gasteiger partial charge in [-0.05, 0) is 30.0 Å². The Labute approximate surface area is 124 Å². The Balaban J connectivity index is 2.15. The average Bonchev–Trinajstić information content (AvgIpc) is 2.24. The number of rotatable bonds is 4. The Kier molecular flexibility index (Phi) is 4.36.